The van der Waals surface area contributed by atoms with E-state index in [0.29, 0.717) is 11.4 Å². The zero-order valence-electron chi connectivity index (χ0n) is 13.2. The first-order chi connectivity index (χ1) is 12.2. The maximum atomic E-state index is 12.1. The van der Waals surface area contributed by atoms with E-state index in [2.05, 4.69) is 36.7 Å². The standard InChI is InChI=1S/C19H15BrN4O/c20-16(11-14-7-3-1-4-8-14)13-21-24-19(25)18-12-17(22-23-18)15-9-5-2-6-10-15/h1-13H,(H,22,23)(H,24,25). The average Bonchev–Trinajstić information content (AvgIpc) is 3.13. The van der Waals surface area contributed by atoms with Crippen molar-refractivity contribution < 1.29 is 4.79 Å². The fourth-order valence-electron chi connectivity index (χ4n) is 2.15. The molecule has 0 spiro atoms. The summed E-state index contributed by atoms with van der Waals surface area (Å²) in [4.78, 5) is 12.1. The number of aromatic nitrogens is 2. The molecule has 124 valence electrons. The predicted molar refractivity (Wildman–Crippen MR) is 103 cm³/mol. The third-order valence-corrected chi connectivity index (χ3v) is 3.78. The van der Waals surface area contributed by atoms with Crippen molar-refractivity contribution in [1.82, 2.24) is 15.6 Å². The lowest BCUT2D eigenvalue weighted by Gasteiger charge is -1.96. The van der Waals surface area contributed by atoms with Gasteiger partial charge in [-0.15, -0.1) is 0 Å². The summed E-state index contributed by atoms with van der Waals surface area (Å²) in [6.07, 6.45) is 3.43. The van der Waals surface area contributed by atoms with Crippen molar-refractivity contribution in [1.29, 1.82) is 0 Å². The number of halogens is 1. The van der Waals surface area contributed by atoms with Crippen molar-refractivity contribution >= 4 is 34.1 Å². The van der Waals surface area contributed by atoms with Gasteiger partial charge < -0.3 is 0 Å². The summed E-state index contributed by atoms with van der Waals surface area (Å²) in [5.41, 5.74) is 5.50. The summed E-state index contributed by atoms with van der Waals surface area (Å²) in [6.45, 7) is 0. The highest BCUT2D eigenvalue weighted by Crippen LogP contribution is 2.16. The van der Waals surface area contributed by atoms with Crippen LogP contribution >= 0.6 is 15.9 Å². The lowest BCUT2D eigenvalue weighted by molar-refractivity contribution is 0.0950. The van der Waals surface area contributed by atoms with Crippen LogP contribution in [-0.2, 0) is 0 Å². The van der Waals surface area contributed by atoms with Gasteiger partial charge in [-0.25, -0.2) is 5.43 Å². The Balaban J connectivity index is 1.61. The number of carbonyl (C=O) groups excluding carboxylic acids is 1. The molecule has 0 atom stereocenters. The second kappa shape index (κ2) is 8.21. The van der Waals surface area contributed by atoms with E-state index in [0.717, 1.165) is 15.6 Å². The van der Waals surface area contributed by atoms with Crippen LogP contribution in [0.2, 0.25) is 0 Å². The van der Waals surface area contributed by atoms with Crippen molar-refractivity contribution in [3.63, 3.8) is 0 Å². The normalized spacial score (nSPS) is 11.6. The number of nitrogens with one attached hydrogen (secondary N) is 2. The van der Waals surface area contributed by atoms with Crippen LogP contribution in [-0.4, -0.2) is 22.3 Å². The second-order valence-corrected chi connectivity index (χ2v) is 6.09. The molecule has 6 heteroatoms. The van der Waals surface area contributed by atoms with Crippen LogP contribution in [0.1, 0.15) is 16.1 Å². The number of benzene rings is 2. The molecule has 1 aromatic heterocycles. The molecule has 3 aromatic rings. The SMILES string of the molecule is O=C(NN=CC(Br)=Cc1ccccc1)c1cc(-c2ccccc2)n[nH]1. The molecule has 0 saturated carbocycles. The van der Waals surface area contributed by atoms with Crippen LogP contribution < -0.4 is 5.43 Å². The Hall–Kier alpha value is -2.99. The Morgan fingerprint density at radius 3 is 2.48 bits per heavy atom. The fraction of sp³-hybridized carbons (Fsp3) is 0. The lowest BCUT2D eigenvalue weighted by Crippen LogP contribution is -2.17. The zero-order valence-corrected chi connectivity index (χ0v) is 14.8. The highest BCUT2D eigenvalue weighted by Gasteiger charge is 2.09. The summed E-state index contributed by atoms with van der Waals surface area (Å²) in [6, 6.07) is 21.1. The number of allylic oxidation sites excluding steroid dienone is 1. The summed E-state index contributed by atoms with van der Waals surface area (Å²) >= 11 is 3.40. The van der Waals surface area contributed by atoms with Gasteiger partial charge in [-0.1, -0.05) is 60.7 Å². The Morgan fingerprint density at radius 2 is 1.76 bits per heavy atom. The van der Waals surface area contributed by atoms with Crippen LogP contribution in [0.4, 0.5) is 0 Å². The molecule has 0 fully saturated rings. The summed E-state index contributed by atoms with van der Waals surface area (Å²) in [5.74, 6) is -0.356. The van der Waals surface area contributed by atoms with E-state index < -0.39 is 0 Å². The van der Waals surface area contributed by atoms with E-state index >= 15 is 0 Å². The van der Waals surface area contributed by atoms with Crippen molar-refractivity contribution in [2.45, 2.75) is 0 Å². The predicted octanol–water partition coefficient (Wildman–Crippen LogP) is 4.23. The number of hydrogen-bond donors (Lipinski definition) is 2. The molecule has 0 aliphatic carbocycles. The van der Waals surface area contributed by atoms with E-state index in [-0.39, 0.29) is 5.91 Å². The topological polar surface area (TPSA) is 70.1 Å². The molecule has 0 unspecified atom stereocenters. The number of nitrogens with zero attached hydrogens (tertiary/aromatic N) is 2. The zero-order chi connectivity index (χ0) is 17.5. The largest absolute Gasteiger partial charge is 0.289 e. The van der Waals surface area contributed by atoms with Gasteiger partial charge in [-0.3, -0.25) is 9.89 Å². The van der Waals surface area contributed by atoms with E-state index in [4.69, 9.17) is 0 Å². The molecular formula is C19H15BrN4O. The second-order valence-electron chi connectivity index (χ2n) is 5.17. The smallest absolute Gasteiger partial charge is 0.272 e. The molecule has 0 radical (unpaired) electrons. The van der Waals surface area contributed by atoms with Crippen molar-refractivity contribution in [2.24, 2.45) is 5.10 Å². The monoisotopic (exact) mass is 394 g/mol. The quantitative estimate of drug-likeness (QED) is 0.502. The molecule has 2 N–H and O–H groups in total. The molecular weight excluding hydrogens is 380 g/mol. The van der Waals surface area contributed by atoms with E-state index in [1.165, 1.54) is 6.21 Å². The maximum absolute atomic E-state index is 12.1. The van der Waals surface area contributed by atoms with Crippen LogP contribution in [0.5, 0.6) is 0 Å². The minimum absolute atomic E-state index is 0.346. The van der Waals surface area contributed by atoms with Crippen molar-refractivity contribution in [2.75, 3.05) is 0 Å². The fourth-order valence-corrected chi connectivity index (χ4v) is 2.52. The number of carbonyl (C=O) groups is 1. The van der Waals surface area contributed by atoms with Crippen LogP contribution in [0.3, 0.4) is 0 Å². The molecule has 0 bridgehead atoms. The summed E-state index contributed by atoms with van der Waals surface area (Å²) in [5, 5.41) is 10.8. The third-order valence-electron chi connectivity index (χ3n) is 3.35. The van der Waals surface area contributed by atoms with Gasteiger partial charge in [0.05, 0.1) is 11.9 Å². The highest BCUT2D eigenvalue weighted by molar-refractivity contribution is 9.12. The Bertz CT molecular complexity index is 901. The maximum Gasteiger partial charge on any atom is 0.289 e. The first-order valence-electron chi connectivity index (χ1n) is 7.59. The Morgan fingerprint density at radius 1 is 1.08 bits per heavy atom. The number of hydrazone groups is 1. The van der Waals surface area contributed by atoms with Gasteiger partial charge in [-0.2, -0.15) is 10.2 Å². The van der Waals surface area contributed by atoms with Crippen LogP contribution in [0, 0.1) is 0 Å². The third kappa shape index (κ3) is 4.74. The molecule has 25 heavy (non-hydrogen) atoms. The Kier molecular flexibility index (Phi) is 5.53. The van der Waals surface area contributed by atoms with E-state index in [9.17, 15) is 4.79 Å². The molecule has 0 aliphatic rings. The Labute approximate surface area is 153 Å². The molecule has 0 aliphatic heterocycles. The first kappa shape index (κ1) is 16.9. The average molecular weight is 395 g/mol. The molecule has 5 nitrogen and oxygen atoms in total. The number of hydrogen-bond acceptors (Lipinski definition) is 3. The van der Waals surface area contributed by atoms with Gasteiger partial charge in [0.1, 0.15) is 5.69 Å². The van der Waals surface area contributed by atoms with Gasteiger partial charge in [0.15, 0.2) is 0 Å². The minimum atomic E-state index is -0.356. The molecule has 1 amide bonds. The highest BCUT2D eigenvalue weighted by atomic mass is 79.9. The van der Waals surface area contributed by atoms with Gasteiger partial charge >= 0.3 is 0 Å². The summed E-state index contributed by atoms with van der Waals surface area (Å²) in [7, 11) is 0. The number of H-pyrrole nitrogens is 1. The summed E-state index contributed by atoms with van der Waals surface area (Å²) < 4.78 is 0.744. The van der Waals surface area contributed by atoms with E-state index in [1.807, 2.05) is 66.7 Å². The molecule has 0 saturated heterocycles. The number of amides is 1. The van der Waals surface area contributed by atoms with Gasteiger partial charge in [0.25, 0.3) is 5.91 Å². The lowest BCUT2D eigenvalue weighted by atomic mass is 10.1. The van der Waals surface area contributed by atoms with Gasteiger partial charge in [0.2, 0.25) is 0 Å². The molecule has 1 heterocycles. The number of rotatable bonds is 5. The van der Waals surface area contributed by atoms with Gasteiger partial charge in [0, 0.05) is 10.0 Å². The first-order valence-corrected chi connectivity index (χ1v) is 8.38. The van der Waals surface area contributed by atoms with Crippen LogP contribution in [0.25, 0.3) is 17.3 Å². The van der Waals surface area contributed by atoms with E-state index in [1.54, 1.807) is 6.07 Å². The van der Waals surface area contributed by atoms with Gasteiger partial charge in [-0.05, 0) is 33.6 Å². The molecule has 2 aromatic carbocycles. The minimum Gasteiger partial charge on any atom is -0.272 e. The van der Waals surface area contributed by atoms with Crippen molar-refractivity contribution in [3.8, 4) is 11.3 Å². The van der Waals surface area contributed by atoms with Crippen molar-refractivity contribution in [3.05, 3.63) is 82.5 Å². The molecule has 3 rings (SSSR count). The number of aromatic amines is 1. The van der Waals surface area contributed by atoms with Crippen LogP contribution in [0.15, 0.2) is 76.3 Å².